The lowest BCUT2D eigenvalue weighted by molar-refractivity contribution is -0.136. The molecular weight excluding hydrogens is 269 g/mol. The van der Waals surface area contributed by atoms with Crippen LogP contribution in [0.25, 0.3) is 10.9 Å². The number of carbonyl (C=O) groups excluding carboxylic acids is 1. The molecule has 1 aromatic carbocycles. The quantitative estimate of drug-likeness (QED) is 0.918. The fourth-order valence-electron chi connectivity index (χ4n) is 1.99. The van der Waals surface area contributed by atoms with E-state index in [2.05, 4.69) is 10.3 Å². The Labute approximate surface area is 112 Å². The number of hydrogen-bond donors (Lipinski definition) is 1. The van der Waals surface area contributed by atoms with E-state index in [1.165, 1.54) is 18.2 Å². The van der Waals surface area contributed by atoms with Crippen molar-refractivity contribution in [3.05, 3.63) is 41.6 Å². The van der Waals surface area contributed by atoms with Crippen molar-refractivity contribution in [2.45, 2.75) is 25.1 Å². The predicted octanol–water partition coefficient (Wildman–Crippen LogP) is 3.15. The van der Waals surface area contributed by atoms with Crippen LogP contribution in [0.4, 0.5) is 13.2 Å². The minimum atomic E-state index is -4.49. The zero-order chi connectivity index (χ0) is 14.3. The summed E-state index contributed by atoms with van der Waals surface area (Å²) in [6.45, 7) is 0. The highest BCUT2D eigenvalue weighted by Gasteiger charge is 2.33. The molecule has 0 spiro atoms. The minimum absolute atomic E-state index is 0.0149. The first-order chi connectivity index (χ1) is 9.45. The Morgan fingerprint density at radius 2 is 1.95 bits per heavy atom. The van der Waals surface area contributed by atoms with Gasteiger partial charge in [0.2, 0.25) is 0 Å². The van der Waals surface area contributed by atoms with Gasteiger partial charge in [-0.15, -0.1) is 0 Å². The number of para-hydroxylation sites is 1. The second-order valence-electron chi connectivity index (χ2n) is 4.82. The topological polar surface area (TPSA) is 42.0 Å². The molecule has 1 saturated carbocycles. The number of benzene rings is 1. The fraction of sp³-hybridized carbons (Fsp3) is 0.286. The molecule has 3 nitrogen and oxygen atoms in total. The number of hydrogen-bond acceptors (Lipinski definition) is 2. The Kier molecular flexibility index (Phi) is 2.88. The van der Waals surface area contributed by atoms with Gasteiger partial charge in [-0.1, -0.05) is 18.2 Å². The van der Waals surface area contributed by atoms with E-state index in [0.717, 1.165) is 18.9 Å². The van der Waals surface area contributed by atoms with E-state index >= 15 is 0 Å². The van der Waals surface area contributed by atoms with Crippen LogP contribution < -0.4 is 5.32 Å². The van der Waals surface area contributed by atoms with Gasteiger partial charge in [-0.05, 0) is 25.0 Å². The molecule has 1 aliphatic rings. The first kappa shape index (κ1) is 12.9. The highest BCUT2D eigenvalue weighted by atomic mass is 19.4. The molecule has 104 valence electrons. The molecule has 20 heavy (non-hydrogen) atoms. The number of alkyl halides is 3. The van der Waals surface area contributed by atoms with E-state index < -0.39 is 17.6 Å². The number of pyridine rings is 1. The highest BCUT2D eigenvalue weighted by molar-refractivity contribution is 5.95. The lowest BCUT2D eigenvalue weighted by Gasteiger charge is -2.10. The van der Waals surface area contributed by atoms with Gasteiger partial charge in [0.15, 0.2) is 0 Å². The zero-order valence-corrected chi connectivity index (χ0v) is 10.4. The van der Waals surface area contributed by atoms with Crippen LogP contribution in [0.3, 0.4) is 0 Å². The van der Waals surface area contributed by atoms with Gasteiger partial charge in [0.05, 0.1) is 11.1 Å². The molecule has 2 aromatic rings. The SMILES string of the molecule is O=C(NC1CC1)c1ccc2cccc(C(F)(F)F)c2n1. The third kappa shape index (κ3) is 2.45. The van der Waals surface area contributed by atoms with Crippen LogP contribution >= 0.6 is 0 Å². The molecular formula is C14H11F3N2O. The summed E-state index contributed by atoms with van der Waals surface area (Å²) in [6.07, 6.45) is -2.67. The van der Waals surface area contributed by atoms with Gasteiger partial charge in [-0.25, -0.2) is 4.98 Å². The van der Waals surface area contributed by atoms with Crippen molar-refractivity contribution in [1.29, 1.82) is 0 Å². The molecule has 0 radical (unpaired) electrons. The number of carbonyl (C=O) groups is 1. The Balaban J connectivity index is 2.06. The Hall–Kier alpha value is -2.11. The van der Waals surface area contributed by atoms with Gasteiger partial charge < -0.3 is 5.32 Å². The summed E-state index contributed by atoms with van der Waals surface area (Å²) in [5, 5.41) is 3.07. The minimum Gasteiger partial charge on any atom is -0.348 e. The summed E-state index contributed by atoms with van der Waals surface area (Å²) < 4.78 is 38.8. The molecule has 0 aliphatic heterocycles. The molecule has 1 aromatic heterocycles. The average Bonchev–Trinajstić information content (AvgIpc) is 3.20. The van der Waals surface area contributed by atoms with Gasteiger partial charge >= 0.3 is 6.18 Å². The van der Waals surface area contributed by atoms with Crippen molar-refractivity contribution in [3.8, 4) is 0 Å². The largest absolute Gasteiger partial charge is 0.418 e. The van der Waals surface area contributed by atoms with Gasteiger partial charge in [0, 0.05) is 11.4 Å². The Morgan fingerprint density at radius 1 is 1.20 bits per heavy atom. The van der Waals surface area contributed by atoms with E-state index in [1.54, 1.807) is 6.07 Å². The monoisotopic (exact) mass is 280 g/mol. The zero-order valence-electron chi connectivity index (χ0n) is 10.4. The van der Waals surface area contributed by atoms with E-state index in [1.807, 2.05) is 0 Å². The van der Waals surface area contributed by atoms with Gasteiger partial charge in [-0.3, -0.25) is 4.79 Å². The molecule has 1 amide bonds. The summed E-state index contributed by atoms with van der Waals surface area (Å²) in [5.74, 6) is -0.425. The molecule has 0 bridgehead atoms. The smallest absolute Gasteiger partial charge is 0.348 e. The number of aromatic nitrogens is 1. The molecule has 0 atom stereocenters. The fourth-order valence-corrected chi connectivity index (χ4v) is 1.99. The van der Waals surface area contributed by atoms with Gasteiger partial charge in [0.25, 0.3) is 5.91 Å². The lowest BCUT2D eigenvalue weighted by atomic mass is 10.1. The first-order valence-corrected chi connectivity index (χ1v) is 6.23. The number of rotatable bonds is 2. The Bertz CT molecular complexity index is 678. The number of amides is 1. The third-order valence-corrected chi connectivity index (χ3v) is 3.17. The number of fused-ring (bicyclic) bond motifs is 1. The third-order valence-electron chi connectivity index (χ3n) is 3.17. The number of nitrogens with zero attached hydrogens (tertiary/aromatic N) is 1. The Morgan fingerprint density at radius 3 is 2.60 bits per heavy atom. The van der Waals surface area contributed by atoms with Crippen molar-refractivity contribution < 1.29 is 18.0 Å². The number of halogens is 3. The lowest BCUT2D eigenvalue weighted by Crippen LogP contribution is -2.26. The average molecular weight is 280 g/mol. The molecule has 0 unspecified atom stereocenters. The standard InChI is InChI=1S/C14H11F3N2O/c15-14(16,17)10-3-1-2-8-4-7-11(19-12(8)10)13(20)18-9-5-6-9/h1-4,7,9H,5-6H2,(H,18,20). The maximum absolute atomic E-state index is 12.9. The molecule has 1 fully saturated rings. The normalized spacial score (nSPS) is 15.3. The molecule has 1 heterocycles. The highest BCUT2D eigenvalue weighted by Crippen LogP contribution is 2.33. The number of nitrogens with one attached hydrogen (secondary N) is 1. The first-order valence-electron chi connectivity index (χ1n) is 6.23. The molecule has 3 rings (SSSR count). The van der Waals surface area contributed by atoms with Crippen molar-refractivity contribution in [3.63, 3.8) is 0 Å². The summed E-state index contributed by atoms with van der Waals surface area (Å²) in [4.78, 5) is 15.7. The second-order valence-corrected chi connectivity index (χ2v) is 4.82. The van der Waals surface area contributed by atoms with Crippen LogP contribution in [-0.4, -0.2) is 16.9 Å². The maximum atomic E-state index is 12.9. The van der Waals surface area contributed by atoms with E-state index in [4.69, 9.17) is 0 Å². The van der Waals surface area contributed by atoms with E-state index in [-0.39, 0.29) is 17.3 Å². The van der Waals surface area contributed by atoms with Crippen LogP contribution in [0.15, 0.2) is 30.3 Å². The predicted molar refractivity (Wildman–Crippen MR) is 67.2 cm³/mol. The van der Waals surface area contributed by atoms with Crippen molar-refractivity contribution in [2.24, 2.45) is 0 Å². The molecule has 0 saturated heterocycles. The molecule has 1 aliphatic carbocycles. The van der Waals surface area contributed by atoms with E-state index in [9.17, 15) is 18.0 Å². The summed E-state index contributed by atoms with van der Waals surface area (Å²) >= 11 is 0. The van der Waals surface area contributed by atoms with E-state index in [0.29, 0.717) is 5.39 Å². The second kappa shape index (κ2) is 4.47. The van der Waals surface area contributed by atoms with Crippen LogP contribution in [0.1, 0.15) is 28.9 Å². The van der Waals surface area contributed by atoms with Crippen LogP contribution in [0.2, 0.25) is 0 Å². The van der Waals surface area contributed by atoms with Crippen LogP contribution in [-0.2, 0) is 6.18 Å². The van der Waals surface area contributed by atoms with Crippen molar-refractivity contribution in [2.75, 3.05) is 0 Å². The van der Waals surface area contributed by atoms with Crippen LogP contribution in [0.5, 0.6) is 0 Å². The molecule has 1 N–H and O–H groups in total. The molecule has 6 heteroatoms. The van der Waals surface area contributed by atoms with Crippen LogP contribution in [0, 0.1) is 0 Å². The summed E-state index contributed by atoms with van der Waals surface area (Å²) in [5.41, 5.74) is -0.999. The van der Waals surface area contributed by atoms with Crippen molar-refractivity contribution in [1.82, 2.24) is 10.3 Å². The van der Waals surface area contributed by atoms with Gasteiger partial charge in [-0.2, -0.15) is 13.2 Å². The maximum Gasteiger partial charge on any atom is 0.418 e. The van der Waals surface area contributed by atoms with Crippen molar-refractivity contribution >= 4 is 16.8 Å². The van der Waals surface area contributed by atoms with Gasteiger partial charge in [0.1, 0.15) is 5.69 Å². The summed E-state index contributed by atoms with van der Waals surface area (Å²) in [7, 11) is 0. The summed E-state index contributed by atoms with van der Waals surface area (Å²) in [6, 6.07) is 6.91.